The lowest BCUT2D eigenvalue weighted by Gasteiger charge is -2.48. The largest absolute Gasteiger partial charge is 0.483 e. The van der Waals surface area contributed by atoms with Crippen LogP contribution >= 0.6 is 23.2 Å². The second kappa shape index (κ2) is 4.59. The average molecular weight is 290 g/mol. The minimum Gasteiger partial charge on any atom is -0.483 e. The molecule has 6 heteroatoms. The summed E-state index contributed by atoms with van der Waals surface area (Å²) in [6, 6.07) is 4.40. The van der Waals surface area contributed by atoms with Gasteiger partial charge in [-0.2, -0.15) is 0 Å². The van der Waals surface area contributed by atoms with Crippen molar-refractivity contribution in [1.29, 1.82) is 0 Å². The van der Waals surface area contributed by atoms with Crippen molar-refractivity contribution in [3.63, 3.8) is 0 Å². The van der Waals surface area contributed by atoms with E-state index in [0.29, 0.717) is 11.4 Å². The number of nitrogens with zero attached hydrogens (tertiary/aromatic N) is 1. The number of hydrogen-bond donors (Lipinski definition) is 0. The Kier molecular flexibility index (Phi) is 3.43. The van der Waals surface area contributed by atoms with Crippen LogP contribution in [0.2, 0.25) is 5.02 Å². The quantitative estimate of drug-likeness (QED) is 0.479. The Morgan fingerprint density at radius 1 is 1.50 bits per heavy atom. The Hall–Kier alpha value is -1.00. The molecule has 0 N–H and O–H groups in total. The van der Waals surface area contributed by atoms with Gasteiger partial charge in [0.25, 0.3) is 0 Å². The van der Waals surface area contributed by atoms with Gasteiger partial charge in [0, 0.05) is 28.3 Å². The molecule has 0 aliphatic heterocycles. The molecule has 0 aromatic heterocycles. The average Bonchev–Trinajstić information content (AvgIpc) is 2.30. The van der Waals surface area contributed by atoms with Crippen LogP contribution in [0.15, 0.2) is 18.2 Å². The summed E-state index contributed by atoms with van der Waals surface area (Å²) < 4.78 is 5.70. The van der Waals surface area contributed by atoms with Crippen LogP contribution in [0.1, 0.15) is 20.3 Å². The molecule has 1 saturated carbocycles. The number of nitro groups is 1. The third kappa shape index (κ3) is 2.27. The maximum Gasteiger partial charge on any atom is 0.312 e. The minimum atomic E-state index is -0.495. The zero-order valence-corrected chi connectivity index (χ0v) is 11.5. The highest BCUT2D eigenvalue weighted by molar-refractivity contribution is 6.30. The van der Waals surface area contributed by atoms with E-state index in [1.165, 1.54) is 12.1 Å². The van der Waals surface area contributed by atoms with Gasteiger partial charge in [-0.3, -0.25) is 10.1 Å². The van der Waals surface area contributed by atoms with Crippen molar-refractivity contribution < 1.29 is 9.66 Å². The van der Waals surface area contributed by atoms with Gasteiger partial charge >= 0.3 is 5.69 Å². The summed E-state index contributed by atoms with van der Waals surface area (Å²) in [5.74, 6) is 0.242. The van der Waals surface area contributed by atoms with Gasteiger partial charge in [-0.1, -0.05) is 25.4 Å². The van der Waals surface area contributed by atoms with Crippen molar-refractivity contribution in [3.05, 3.63) is 33.3 Å². The van der Waals surface area contributed by atoms with Crippen molar-refractivity contribution in [3.8, 4) is 5.75 Å². The number of halogens is 2. The lowest BCUT2D eigenvalue weighted by atomic mass is 9.68. The van der Waals surface area contributed by atoms with Crippen LogP contribution in [0.25, 0.3) is 0 Å². The van der Waals surface area contributed by atoms with Crippen molar-refractivity contribution in [1.82, 2.24) is 0 Å². The van der Waals surface area contributed by atoms with E-state index >= 15 is 0 Å². The summed E-state index contributed by atoms with van der Waals surface area (Å²) >= 11 is 11.8. The molecular formula is C12H13Cl2NO3. The van der Waals surface area contributed by atoms with Gasteiger partial charge in [0.15, 0.2) is 5.75 Å². The first-order valence-electron chi connectivity index (χ1n) is 5.57. The molecule has 0 spiro atoms. The number of benzene rings is 1. The first-order chi connectivity index (χ1) is 8.32. The lowest BCUT2D eigenvalue weighted by molar-refractivity contribution is -0.386. The van der Waals surface area contributed by atoms with E-state index in [1.807, 2.05) is 13.8 Å². The number of nitro benzene ring substituents is 1. The number of ether oxygens (including phenoxy) is 1. The number of rotatable bonds is 3. The highest BCUT2D eigenvalue weighted by Crippen LogP contribution is 2.47. The number of hydrogen-bond acceptors (Lipinski definition) is 3. The normalized spacial score (nSPS) is 25.3. The third-order valence-corrected chi connectivity index (χ3v) is 4.42. The van der Waals surface area contributed by atoms with Gasteiger partial charge in [0.1, 0.15) is 6.10 Å². The topological polar surface area (TPSA) is 52.4 Å². The highest BCUT2D eigenvalue weighted by Gasteiger charge is 2.49. The molecule has 1 aliphatic rings. The Morgan fingerprint density at radius 3 is 2.67 bits per heavy atom. The third-order valence-electron chi connectivity index (χ3n) is 3.45. The van der Waals surface area contributed by atoms with Gasteiger partial charge in [0.05, 0.1) is 4.92 Å². The van der Waals surface area contributed by atoms with Crippen LogP contribution in [-0.2, 0) is 0 Å². The Balaban J connectivity index is 2.23. The van der Waals surface area contributed by atoms with Crippen LogP contribution in [0, 0.1) is 15.5 Å². The van der Waals surface area contributed by atoms with Gasteiger partial charge in [0.2, 0.25) is 0 Å². The first kappa shape index (κ1) is 13.4. The summed E-state index contributed by atoms with van der Waals surface area (Å²) in [6.45, 7) is 3.97. The summed E-state index contributed by atoms with van der Waals surface area (Å²) in [4.78, 5) is 10.4. The zero-order valence-electron chi connectivity index (χ0n) is 10.0. The molecular weight excluding hydrogens is 277 g/mol. The Morgan fingerprint density at radius 2 is 2.17 bits per heavy atom. The highest BCUT2D eigenvalue weighted by atomic mass is 35.5. The molecule has 18 heavy (non-hydrogen) atoms. The van der Waals surface area contributed by atoms with Gasteiger partial charge in [-0.05, 0) is 12.1 Å². The molecule has 1 fully saturated rings. The molecule has 1 aromatic carbocycles. The SMILES string of the molecule is CC1(C)C(Cl)CC1Oc1ccc(Cl)cc1[N+](=O)[O-]. The minimum absolute atomic E-state index is 0.0360. The summed E-state index contributed by atoms with van der Waals surface area (Å²) in [5.41, 5.74) is -0.300. The zero-order chi connectivity index (χ0) is 13.5. The smallest absolute Gasteiger partial charge is 0.312 e. The molecule has 2 rings (SSSR count). The van der Waals surface area contributed by atoms with E-state index in [4.69, 9.17) is 27.9 Å². The molecule has 0 amide bonds. The maximum absolute atomic E-state index is 10.9. The van der Waals surface area contributed by atoms with Gasteiger partial charge in [-0.15, -0.1) is 11.6 Å². The van der Waals surface area contributed by atoms with Crippen LogP contribution in [0.4, 0.5) is 5.69 Å². The van der Waals surface area contributed by atoms with E-state index in [1.54, 1.807) is 6.07 Å². The fourth-order valence-corrected chi connectivity index (χ4v) is 2.39. The van der Waals surface area contributed by atoms with Crippen molar-refractivity contribution in [2.24, 2.45) is 5.41 Å². The van der Waals surface area contributed by atoms with E-state index in [9.17, 15) is 10.1 Å². The fourth-order valence-electron chi connectivity index (χ4n) is 1.92. The first-order valence-corrected chi connectivity index (χ1v) is 6.38. The molecule has 2 atom stereocenters. The second-order valence-corrected chi connectivity index (χ2v) is 5.96. The predicted octanol–water partition coefficient (Wildman–Crippen LogP) is 4.03. The molecule has 98 valence electrons. The second-order valence-electron chi connectivity index (χ2n) is 5.00. The van der Waals surface area contributed by atoms with E-state index in [0.717, 1.165) is 0 Å². The van der Waals surface area contributed by atoms with Crippen LogP contribution in [-0.4, -0.2) is 16.4 Å². The van der Waals surface area contributed by atoms with Crippen LogP contribution < -0.4 is 4.74 Å². The molecule has 4 nitrogen and oxygen atoms in total. The lowest BCUT2D eigenvalue weighted by Crippen LogP contribution is -2.53. The van der Waals surface area contributed by atoms with Gasteiger partial charge in [-0.25, -0.2) is 0 Å². The molecule has 2 unspecified atom stereocenters. The van der Waals surface area contributed by atoms with E-state index in [2.05, 4.69) is 0 Å². The molecule has 0 bridgehead atoms. The van der Waals surface area contributed by atoms with Crippen molar-refractivity contribution in [2.45, 2.75) is 31.7 Å². The van der Waals surface area contributed by atoms with Crippen molar-refractivity contribution in [2.75, 3.05) is 0 Å². The molecule has 1 aliphatic carbocycles. The van der Waals surface area contributed by atoms with E-state index in [-0.39, 0.29) is 28.3 Å². The fraction of sp³-hybridized carbons (Fsp3) is 0.500. The predicted molar refractivity (Wildman–Crippen MR) is 70.6 cm³/mol. The Labute approximate surface area is 115 Å². The van der Waals surface area contributed by atoms with Crippen LogP contribution in [0.3, 0.4) is 0 Å². The number of alkyl halides is 1. The van der Waals surface area contributed by atoms with Gasteiger partial charge < -0.3 is 4.74 Å². The maximum atomic E-state index is 10.9. The summed E-state index contributed by atoms with van der Waals surface area (Å²) in [6.07, 6.45) is 0.578. The molecule has 0 heterocycles. The van der Waals surface area contributed by atoms with E-state index < -0.39 is 4.92 Å². The summed E-state index contributed by atoms with van der Waals surface area (Å²) in [7, 11) is 0. The van der Waals surface area contributed by atoms with Crippen molar-refractivity contribution >= 4 is 28.9 Å². The molecule has 0 radical (unpaired) electrons. The monoisotopic (exact) mass is 289 g/mol. The standard InChI is InChI=1S/C12H13Cl2NO3/c1-12(2)10(14)6-11(12)18-9-4-3-7(13)5-8(9)15(16)17/h3-5,10-11H,6H2,1-2H3. The molecule has 0 saturated heterocycles. The van der Waals surface area contributed by atoms with Crippen LogP contribution in [0.5, 0.6) is 5.75 Å². The molecule has 1 aromatic rings. The summed E-state index contributed by atoms with van der Waals surface area (Å²) in [5, 5.41) is 11.3. The Bertz CT molecular complexity index is 490.